The number of benzene rings is 2. The van der Waals surface area contributed by atoms with Crippen LogP contribution in [0.3, 0.4) is 0 Å². The fraction of sp³-hybridized carbons (Fsp3) is 0.455. The van der Waals surface area contributed by atoms with E-state index in [2.05, 4.69) is 12.2 Å². The van der Waals surface area contributed by atoms with E-state index in [0.717, 1.165) is 55.9 Å². The Kier molecular flexibility index (Phi) is 12.3. The van der Waals surface area contributed by atoms with Gasteiger partial charge in [-0.15, -0.1) is 12.4 Å². The summed E-state index contributed by atoms with van der Waals surface area (Å²) in [4.78, 5) is 0. The van der Waals surface area contributed by atoms with Crippen LogP contribution in [0, 0.1) is 5.82 Å². The Morgan fingerprint density at radius 3 is 2.46 bits per heavy atom. The van der Waals surface area contributed by atoms with Crippen LogP contribution in [0.5, 0.6) is 11.5 Å². The van der Waals surface area contributed by atoms with E-state index in [-0.39, 0.29) is 18.2 Å². The summed E-state index contributed by atoms with van der Waals surface area (Å²) in [5, 5.41) is 3.42. The first-order valence-corrected chi connectivity index (χ1v) is 9.56. The monoisotopic (exact) mass is 411 g/mol. The molecule has 2 rings (SSSR count). The third-order valence-corrected chi connectivity index (χ3v) is 4.18. The molecule has 0 aliphatic carbocycles. The molecule has 2 aromatic rings. The molecular formula is C22H31ClFNO3. The molecule has 156 valence electrons. The van der Waals surface area contributed by atoms with Gasteiger partial charge in [0.25, 0.3) is 0 Å². The van der Waals surface area contributed by atoms with Gasteiger partial charge in [0.15, 0.2) is 11.5 Å². The number of hydrogen-bond donors (Lipinski definition) is 1. The Balaban J connectivity index is 0.00000392. The number of nitrogens with one attached hydrogen (secondary N) is 1. The average Bonchev–Trinajstić information content (AvgIpc) is 2.69. The number of ether oxygens (including phenoxy) is 3. The second-order valence-electron chi connectivity index (χ2n) is 6.36. The quantitative estimate of drug-likeness (QED) is 0.464. The van der Waals surface area contributed by atoms with Crippen LogP contribution in [-0.2, 0) is 17.9 Å². The van der Waals surface area contributed by atoms with E-state index >= 15 is 0 Å². The lowest BCUT2D eigenvalue weighted by Crippen LogP contribution is -2.17. The highest BCUT2D eigenvalue weighted by Gasteiger charge is 2.11. The second kappa shape index (κ2) is 14.2. The first-order valence-electron chi connectivity index (χ1n) is 9.56. The minimum absolute atomic E-state index is 0. The van der Waals surface area contributed by atoms with Crippen molar-refractivity contribution >= 4 is 12.4 Å². The molecular weight excluding hydrogens is 381 g/mol. The molecule has 0 saturated carbocycles. The lowest BCUT2D eigenvalue weighted by molar-refractivity contribution is 0.128. The van der Waals surface area contributed by atoms with Crippen molar-refractivity contribution in [2.75, 3.05) is 26.9 Å². The molecule has 4 nitrogen and oxygen atoms in total. The molecule has 0 heterocycles. The Bertz CT molecular complexity index is 667. The summed E-state index contributed by atoms with van der Waals surface area (Å²) in [7, 11) is 1.63. The lowest BCUT2D eigenvalue weighted by Gasteiger charge is -2.16. The Labute approximate surface area is 173 Å². The summed E-state index contributed by atoms with van der Waals surface area (Å²) in [6.45, 7) is 5.70. The molecule has 6 heteroatoms. The van der Waals surface area contributed by atoms with Gasteiger partial charge in [-0.3, -0.25) is 0 Å². The molecule has 1 N–H and O–H groups in total. The summed E-state index contributed by atoms with van der Waals surface area (Å²) in [5.74, 6) is 1.16. The van der Waals surface area contributed by atoms with Crippen LogP contribution < -0.4 is 14.8 Å². The van der Waals surface area contributed by atoms with Crippen LogP contribution in [0.2, 0.25) is 0 Å². The molecule has 0 unspecified atom stereocenters. The highest BCUT2D eigenvalue weighted by atomic mass is 35.5. The SMILES string of the molecule is CCCCOCCCNCc1cccc(OC)c1OCc1ccc(F)cc1.Cl. The largest absolute Gasteiger partial charge is 0.493 e. The van der Waals surface area contributed by atoms with Gasteiger partial charge in [-0.2, -0.15) is 0 Å². The maximum atomic E-state index is 13.0. The maximum absolute atomic E-state index is 13.0. The summed E-state index contributed by atoms with van der Waals surface area (Å²) in [6.07, 6.45) is 3.25. The van der Waals surface area contributed by atoms with Gasteiger partial charge in [-0.05, 0) is 43.1 Å². The predicted octanol–water partition coefficient (Wildman–Crippen LogP) is 5.13. The van der Waals surface area contributed by atoms with Crippen LogP contribution in [0.15, 0.2) is 42.5 Å². The predicted molar refractivity (Wildman–Crippen MR) is 113 cm³/mol. The topological polar surface area (TPSA) is 39.7 Å². The van der Waals surface area contributed by atoms with E-state index in [1.165, 1.54) is 12.1 Å². The Hall–Kier alpha value is -1.82. The zero-order valence-electron chi connectivity index (χ0n) is 16.7. The Morgan fingerprint density at radius 2 is 1.75 bits per heavy atom. The van der Waals surface area contributed by atoms with Gasteiger partial charge in [0.1, 0.15) is 12.4 Å². The fourth-order valence-corrected chi connectivity index (χ4v) is 2.63. The van der Waals surface area contributed by atoms with E-state index in [1.807, 2.05) is 18.2 Å². The third-order valence-electron chi connectivity index (χ3n) is 4.18. The molecule has 0 spiro atoms. The zero-order chi connectivity index (χ0) is 19.3. The van der Waals surface area contributed by atoms with E-state index in [4.69, 9.17) is 14.2 Å². The van der Waals surface area contributed by atoms with Crippen molar-refractivity contribution in [3.05, 3.63) is 59.4 Å². The fourth-order valence-electron chi connectivity index (χ4n) is 2.63. The molecule has 0 radical (unpaired) electrons. The molecule has 0 saturated heterocycles. The maximum Gasteiger partial charge on any atom is 0.166 e. The second-order valence-corrected chi connectivity index (χ2v) is 6.36. The van der Waals surface area contributed by atoms with Crippen LogP contribution in [-0.4, -0.2) is 26.9 Å². The van der Waals surface area contributed by atoms with Crippen LogP contribution in [0.1, 0.15) is 37.3 Å². The molecule has 28 heavy (non-hydrogen) atoms. The third kappa shape index (κ3) is 8.46. The normalized spacial score (nSPS) is 10.4. The minimum Gasteiger partial charge on any atom is -0.493 e. The van der Waals surface area contributed by atoms with Gasteiger partial charge in [0.2, 0.25) is 0 Å². The van der Waals surface area contributed by atoms with E-state index in [1.54, 1.807) is 19.2 Å². The van der Waals surface area contributed by atoms with Gasteiger partial charge in [-0.25, -0.2) is 4.39 Å². The number of hydrogen-bond acceptors (Lipinski definition) is 4. The molecule has 0 aromatic heterocycles. The van der Waals surface area contributed by atoms with E-state index < -0.39 is 0 Å². The van der Waals surface area contributed by atoms with Gasteiger partial charge in [0, 0.05) is 25.3 Å². The molecule has 0 aliphatic heterocycles. The van der Waals surface area contributed by atoms with Gasteiger partial charge in [0.05, 0.1) is 7.11 Å². The standard InChI is InChI=1S/C22H30FNO3.ClH/c1-3-4-14-26-15-6-13-24-16-19-7-5-8-21(25-2)22(19)27-17-18-9-11-20(23)12-10-18;/h5,7-12,24H,3-4,6,13-17H2,1-2H3;1H. The minimum atomic E-state index is -0.250. The molecule has 0 amide bonds. The van der Waals surface area contributed by atoms with Crippen LogP contribution >= 0.6 is 12.4 Å². The smallest absolute Gasteiger partial charge is 0.166 e. The number of rotatable bonds is 13. The molecule has 0 atom stereocenters. The highest BCUT2D eigenvalue weighted by molar-refractivity contribution is 5.85. The molecule has 0 aliphatic rings. The average molecular weight is 412 g/mol. The van der Waals surface area contributed by atoms with Gasteiger partial charge in [-0.1, -0.05) is 37.6 Å². The zero-order valence-corrected chi connectivity index (χ0v) is 17.5. The van der Waals surface area contributed by atoms with Gasteiger partial charge < -0.3 is 19.5 Å². The van der Waals surface area contributed by atoms with E-state index in [9.17, 15) is 4.39 Å². The Morgan fingerprint density at radius 1 is 1.00 bits per heavy atom. The first kappa shape index (κ1) is 24.2. The highest BCUT2D eigenvalue weighted by Crippen LogP contribution is 2.31. The van der Waals surface area contributed by atoms with Crippen molar-refractivity contribution in [2.45, 2.75) is 39.3 Å². The number of halogens is 2. The van der Waals surface area contributed by atoms with Crippen molar-refractivity contribution in [3.8, 4) is 11.5 Å². The van der Waals surface area contributed by atoms with Crippen LogP contribution in [0.25, 0.3) is 0 Å². The van der Waals surface area contributed by atoms with Gasteiger partial charge >= 0.3 is 0 Å². The van der Waals surface area contributed by atoms with E-state index in [0.29, 0.717) is 18.9 Å². The lowest BCUT2D eigenvalue weighted by atomic mass is 10.1. The van der Waals surface area contributed by atoms with Crippen molar-refractivity contribution in [2.24, 2.45) is 0 Å². The number of methoxy groups -OCH3 is 1. The van der Waals surface area contributed by atoms with Crippen molar-refractivity contribution in [1.82, 2.24) is 5.32 Å². The van der Waals surface area contributed by atoms with Crippen molar-refractivity contribution in [3.63, 3.8) is 0 Å². The summed E-state index contributed by atoms with van der Waals surface area (Å²) in [6, 6.07) is 12.2. The number of para-hydroxylation sites is 1. The first-order chi connectivity index (χ1) is 13.2. The van der Waals surface area contributed by atoms with Crippen molar-refractivity contribution < 1.29 is 18.6 Å². The summed E-state index contributed by atoms with van der Waals surface area (Å²) < 4.78 is 30.1. The van der Waals surface area contributed by atoms with Crippen molar-refractivity contribution in [1.29, 1.82) is 0 Å². The molecule has 2 aromatic carbocycles. The van der Waals surface area contributed by atoms with Crippen LogP contribution in [0.4, 0.5) is 4.39 Å². The summed E-state index contributed by atoms with van der Waals surface area (Å²) in [5.41, 5.74) is 1.94. The molecule has 0 bridgehead atoms. The molecule has 0 fully saturated rings. The summed E-state index contributed by atoms with van der Waals surface area (Å²) >= 11 is 0. The number of unbranched alkanes of at least 4 members (excludes halogenated alkanes) is 1.